The number of pyridine rings is 1. The van der Waals surface area contributed by atoms with E-state index in [2.05, 4.69) is 20.2 Å². The van der Waals surface area contributed by atoms with Gasteiger partial charge in [0, 0.05) is 37.8 Å². The van der Waals surface area contributed by atoms with Crippen LogP contribution < -0.4 is 10.9 Å². The number of alkyl halides is 2. The number of hydrogen-bond acceptors (Lipinski definition) is 6. The number of likely N-dealkylation sites (N-methyl/N-ethyl adjacent to an activating group) is 1. The molecule has 0 saturated carbocycles. The van der Waals surface area contributed by atoms with Gasteiger partial charge in [-0.2, -0.15) is 0 Å². The molecule has 5 rings (SSSR count). The number of halogens is 3. The SMILES string of the molecule is C[C@@H](Nc1ncnc2c1cc(C(=O)N1C3CC1CN(C)C3)c(=O)n2C)c1cccc(C(F)F)c1F. The summed E-state index contributed by atoms with van der Waals surface area (Å²) in [4.78, 5) is 38.8. The van der Waals surface area contributed by atoms with E-state index in [1.807, 2.05) is 7.05 Å². The predicted octanol–water partition coefficient (Wildman–Crippen LogP) is 3.11. The zero-order valence-electron chi connectivity index (χ0n) is 19.5. The first-order valence-corrected chi connectivity index (χ1v) is 11.4. The van der Waals surface area contributed by atoms with E-state index in [-0.39, 0.29) is 34.9 Å². The van der Waals surface area contributed by atoms with Gasteiger partial charge in [-0.15, -0.1) is 0 Å². The third-order valence-corrected chi connectivity index (χ3v) is 6.96. The van der Waals surface area contributed by atoms with Crippen LogP contribution in [-0.4, -0.2) is 62.5 Å². The zero-order valence-corrected chi connectivity index (χ0v) is 19.5. The number of carbonyl (C=O) groups is 1. The average molecular weight is 486 g/mol. The lowest BCUT2D eigenvalue weighted by Gasteiger charge is -2.55. The molecule has 0 radical (unpaired) electrons. The molecule has 2 aliphatic rings. The summed E-state index contributed by atoms with van der Waals surface area (Å²) in [6.45, 7) is 3.13. The monoisotopic (exact) mass is 486 g/mol. The van der Waals surface area contributed by atoms with Gasteiger partial charge in [0.2, 0.25) is 0 Å². The Kier molecular flexibility index (Phi) is 5.74. The second kappa shape index (κ2) is 8.63. The third-order valence-electron chi connectivity index (χ3n) is 6.96. The summed E-state index contributed by atoms with van der Waals surface area (Å²) in [5.41, 5.74) is -0.788. The van der Waals surface area contributed by atoms with Crippen molar-refractivity contribution in [1.82, 2.24) is 24.3 Å². The fourth-order valence-corrected chi connectivity index (χ4v) is 5.18. The van der Waals surface area contributed by atoms with E-state index in [1.165, 1.54) is 36.1 Å². The van der Waals surface area contributed by atoms with E-state index in [0.717, 1.165) is 25.6 Å². The Morgan fingerprint density at radius 3 is 2.51 bits per heavy atom. The van der Waals surface area contributed by atoms with Crippen LogP contribution >= 0.6 is 0 Å². The molecule has 2 aliphatic heterocycles. The molecule has 3 aromatic rings. The third kappa shape index (κ3) is 3.83. The first-order chi connectivity index (χ1) is 16.7. The van der Waals surface area contributed by atoms with Gasteiger partial charge in [-0.05, 0) is 26.5 Å². The lowest BCUT2D eigenvalue weighted by atomic mass is 9.87. The Morgan fingerprint density at radius 2 is 1.83 bits per heavy atom. The number of piperidine rings is 1. The van der Waals surface area contributed by atoms with Gasteiger partial charge in [0.05, 0.1) is 17.0 Å². The van der Waals surface area contributed by atoms with E-state index in [4.69, 9.17) is 0 Å². The Balaban J connectivity index is 1.52. The van der Waals surface area contributed by atoms with Crippen molar-refractivity contribution in [3.63, 3.8) is 0 Å². The maximum absolute atomic E-state index is 14.7. The summed E-state index contributed by atoms with van der Waals surface area (Å²) < 4.78 is 42.3. The first kappa shape index (κ1) is 23.3. The molecule has 2 aromatic heterocycles. The molecule has 11 heteroatoms. The lowest BCUT2D eigenvalue weighted by Crippen LogP contribution is -2.69. The highest BCUT2D eigenvalue weighted by molar-refractivity contribution is 5.99. The van der Waals surface area contributed by atoms with Gasteiger partial charge in [-0.25, -0.2) is 23.1 Å². The molecule has 1 amide bonds. The van der Waals surface area contributed by atoms with Crippen LogP contribution in [0.2, 0.25) is 0 Å². The van der Waals surface area contributed by atoms with Crippen molar-refractivity contribution >= 4 is 22.8 Å². The van der Waals surface area contributed by atoms with E-state index >= 15 is 0 Å². The van der Waals surface area contributed by atoms with Crippen LogP contribution in [0.4, 0.5) is 19.0 Å². The highest BCUT2D eigenvalue weighted by Gasteiger charge is 2.47. The fraction of sp³-hybridized carbons (Fsp3) is 0.417. The standard InChI is InChI=1S/C24H25F3N6O2/c1-12(15-5-4-6-16(19(15)25)20(26)27)30-21-17-8-18(23(34)32(3)22(17)29-11-28-21)24(35)33-13-7-14(33)10-31(2)9-13/h4-6,8,11-14,20H,7,9-10H2,1-3H3,(H,28,29,30)/t12-,13?,14?/m1/s1. The molecular weight excluding hydrogens is 461 g/mol. The van der Waals surface area contributed by atoms with Crippen molar-refractivity contribution in [2.24, 2.45) is 7.05 Å². The van der Waals surface area contributed by atoms with Gasteiger partial charge < -0.3 is 15.1 Å². The van der Waals surface area contributed by atoms with Crippen LogP contribution in [0.5, 0.6) is 0 Å². The molecule has 1 N–H and O–H groups in total. The average Bonchev–Trinajstić information content (AvgIpc) is 2.81. The molecule has 35 heavy (non-hydrogen) atoms. The van der Waals surface area contributed by atoms with Crippen molar-refractivity contribution in [2.75, 3.05) is 25.5 Å². The van der Waals surface area contributed by atoms with Crippen LogP contribution in [0.3, 0.4) is 0 Å². The van der Waals surface area contributed by atoms with Crippen LogP contribution in [0.25, 0.3) is 11.0 Å². The number of nitrogens with zero attached hydrogens (tertiary/aromatic N) is 5. The second-order valence-electron chi connectivity index (χ2n) is 9.28. The normalized spacial score (nSPS) is 20.7. The number of benzene rings is 1. The maximum atomic E-state index is 14.7. The van der Waals surface area contributed by atoms with E-state index in [9.17, 15) is 22.8 Å². The minimum absolute atomic E-state index is 0.00985. The quantitative estimate of drug-likeness (QED) is 0.597. The zero-order chi connectivity index (χ0) is 25.0. The molecule has 2 saturated heterocycles. The number of anilines is 1. The number of fused-ring (bicyclic) bond motifs is 3. The molecule has 2 unspecified atom stereocenters. The Hall–Kier alpha value is -3.47. The number of rotatable bonds is 5. The molecule has 1 aromatic carbocycles. The number of likely N-dealkylation sites (tertiary alicyclic amines) is 2. The lowest BCUT2D eigenvalue weighted by molar-refractivity contribution is -0.0398. The summed E-state index contributed by atoms with van der Waals surface area (Å²) in [6, 6.07) is 4.73. The van der Waals surface area contributed by atoms with Gasteiger partial charge in [0.15, 0.2) is 0 Å². The Morgan fingerprint density at radius 1 is 1.14 bits per heavy atom. The van der Waals surface area contributed by atoms with Crippen molar-refractivity contribution in [2.45, 2.75) is 37.9 Å². The van der Waals surface area contributed by atoms with Crippen LogP contribution in [-0.2, 0) is 7.05 Å². The van der Waals surface area contributed by atoms with E-state index in [1.54, 1.807) is 11.8 Å². The highest BCUT2D eigenvalue weighted by atomic mass is 19.3. The molecule has 4 heterocycles. The first-order valence-electron chi connectivity index (χ1n) is 11.4. The van der Waals surface area contributed by atoms with Crippen molar-refractivity contribution in [1.29, 1.82) is 0 Å². The van der Waals surface area contributed by atoms with Crippen molar-refractivity contribution < 1.29 is 18.0 Å². The number of aryl methyl sites for hydroxylation is 1. The Bertz CT molecular complexity index is 1370. The van der Waals surface area contributed by atoms with E-state index in [0.29, 0.717) is 11.0 Å². The van der Waals surface area contributed by atoms with Gasteiger partial charge in [0.1, 0.15) is 29.2 Å². The van der Waals surface area contributed by atoms with Crippen LogP contribution in [0.15, 0.2) is 35.4 Å². The minimum Gasteiger partial charge on any atom is -0.363 e. The highest BCUT2D eigenvalue weighted by Crippen LogP contribution is 2.34. The summed E-state index contributed by atoms with van der Waals surface area (Å²) >= 11 is 0. The number of hydrogen-bond donors (Lipinski definition) is 1. The number of aromatic nitrogens is 3. The number of carbonyl (C=O) groups excluding carboxylic acids is 1. The molecule has 0 spiro atoms. The predicted molar refractivity (Wildman–Crippen MR) is 124 cm³/mol. The summed E-state index contributed by atoms with van der Waals surface area (Å²) in [5.74, 6) is -1.06. The van der Waals surface area contributed by atoms with Gasteiger partial charge in [0.25, 0.3) is 17.9 Å². The summed E-state index contributed by atoms with van der Waals surface area (Å²) in [6.07, 6.45) is -0.772. The van der Waals surface area contributed by atoms with Crippen LogP contribution in [0.1, 0.15) is 47.3 Å². The van der Waals surface area contributed by atoms with Crippen molar-refractivity contribution in [3.05, 3.63) is 63.5 Å². The molecule has 8 nitrogen and oxygen atoms in total. The van der Waals surface area contributed by atoms with Crippen LogP contribution in [0, 0.1) is 5.82 Å². The fourth-order valence-electron chi connectivity index (χ4n) is 5.18. The molecular formula is C24H25F3N6O2. The molecule has 3 atom stereocenters. The van der Waals surface area contributed by atoms with E-state index < -0.39 is 29.4 Å². The smallest absolute Gasteiger partial charge is 0.266 e. The van der Waals surface area contributed by atoms with Gasteiger partial charge >= 0.3 is 0 Å². The minimum atomic E-state index is -2.94. The maximum Gasteiger partial charge on any atom is 0.266 e. The number of piperazine rings is 1. The Labute approximate surface area is 199 Å². The summed E-state index contributed by atoms with van der Waals surface area (Å²) in [5, 5.41) is 3.44. The molecule has 2 bridgehead atoms. The van der Waals surface area contributed by atoms with Crippen molar-refractivity contribution in [3.8, 4) is 0 Å². The number of nitrogens with one attached hydrogen (secondary N) is 1. The molecule has 184 valence electrons. The molecule has 0 aliphatic carbocycles. The summed E-state index contributed by atoms with van der Waals surface area (Å²) in [7, 11) is 3.53. The van der Waals surface area contributed by atoms with Gasteiger partial charge in [-0.1, -0.05) is 18.2 Å². The topological polar surface area (TPSA) is 83.4 Å². The van der Waals surface area contributed by atoms with Gasteiger partial charge in [-0.3, -0.25) is 14.2 Å². The largest absolute Gasteiger partial charge is 0.363 e. The molecule has 2 fully saturated rings. The second-order valence-corrected chi connectivity index (χ2v) is 9.28. The number of amides is 1.